The Labute approximate surface area is 83.0 Å². The zero-order valence-corrected chi connectivity index (χ0v) is 7.77. The standard InChI is InChI=1S/C11H12NO2/c1-2-4-9-8(3-1)13-10-5-6-12-7-11(10)14-9/h1-4,7,10-12H,5-6H2. The summed E-state index contributed by atoms with van der Waals surface area (Å²) in [6.45, 7) is 2.94. The van der Waals surface area contributed by atoms with Crippen molar-refractivity contribution in [1.29, 1.82) is 0 Å². The number of hydrogen-bond acceptors (Lipinski definition) is 3. The lowest BCUT2D eigenvalue weighted by Gasteiger charge is -2.36. The van der Waals surface area contributed by atoms with Gasteiger partial charge in [-0.3, -0.25) is 0 Å². The molecule has 3 rings (SSSR count). The summed E-state index contributed by atoms with van der Waals surface area (Å²) in [6.07, 6.45) is 1.22. The number of piperidine rings is 1. The maximum atomic E-state index is 5.84. The van der Waals surface area contributed by atoms with E-state index in [1.807, 2.05) is 30.8 Å². The Bertz CT molecular complexity index is 307. The first-order valence-corrected chi connectivity index (χ1v) is 4.92. The molecule has 1 saturated heterocycles. The van der Waals surface area contributed by atoms with E-state index >= 15 is 0 Å². The van der Waals surface area contributed by atoms with Crippen molar-refractivity contribution < 1.29 is 9.47 Å². The van der Waals surface area contributed by atoms with Gasteiger partial charge in [0.15, 0.2) is 17.6 Å². The number of benzene rings is 1. The molecule has 3 heteroatoms. The molecule has 2 aliphatic rings. The molecule has 0 aromatic heterocycles. The van der Waals surface area contributed by atoms with Gasteiger partial charge in [-0.15, -0.1) is 0 Å². The fourth-order valence-electron chi connectivity index (χ4n) is 1.89. The molecule has 73 valence electrons. The van der Waals surface area contributed by atoms with Crippen molar-refractivity contribution in [3.8, 4) is 11.5 Å². The van der Waals surface area contributed by atoms with Crippen molar-refractivity contribution >= 4 is 0 Å². The van der Waals surface area contributed by atoms with Crippen LogP contribution in [0.15, 0.2) is 24.3 Å². The molecule has 2 heterocycles. The summed E-state index contributed by atoms with van der Waals surface area (Å²) in [4.78, 5) is 0. The van der Waals surface area contributed by atoms with Crippen LogP contribution in [-0.2, 0) is 0 Å². The maximum Gasteiger partial charge on any atom is 0.161 e. The second-order valence-electron chi connectivity index (χ2n) is 3.59. The van der Waals surface area contributed by atoms with Crippen molar-refractivity contribution in [1.82, 2.24) is 5.32 Å². The molecule has 1 aromatic carbocycles. The summed E-state index contributed by atoms with van der Waals surface area (Å²) in [5, 5.41) is 3.18. The quantitative estimate of drug-likeness (QED) is 0.670. The van der Waals surface area contributed by atoms with Gasteiger partial charge < -0.3 is 14.8 Å². The van der Waals surface area contributed by atoms with Crippen molar-refractivity contribution in [2.45, 2.75) is 18.6 Å². The number of hydrogen-bond donors (Lipinski definition) is 1. The second kappa shape index (κ2) is 3.17. The summed E-state index contributed by atoms with van der Waals surface area (Å²) < 4.78 is 11.6. The monoisotopic (exact) mass is 190 g/mol. The Morgan fingerprint density at radius 3 is 2.79 bits per heavy atom. The van der Waals surface area contributed by atoms with E-state index in [1.165, 1.54) is 0 Å². The summed E-state index contributed by atoms with van der Waals surface area (Å²) in [5.74, 6) is 1.71. The third kappa shape index (κ3) is 1.24. The first kappa shape index (κ1) is 8.12. The molecule has 2 aliphatic heterocycles. The van der Waals surface area contributed by atoms with Crippen LogP contribution < -0.4 is 14.8 Å². The zero-order valence-electron chi connectivity index (χ0n) is 7.77. The maximum absolute atomic E-state index is 5.84. The largest absolute Gasteiger partial charge is 0.483 e. The minimum absolute atomic E-state index is 0.0543. The van der Waals surface area contributed by atoms with Crippen LogP contribution in [0.25, 0.3) is 0 Å². The molecule has 1 fully saturated rings. The van der Waals surface area contributed by atoms with E-state index in [-0.39, 0.29) is 12.2 Å². The normalized spacial score (nSPS) is 29.4. The van der Waals surface area contributed by atoms with Crippen LogP contribution in [0.4, 0.5) is 0 Å². The lowest BCUT2D eigenvalue weighted by Crippen LogP contribution is -2.48. The van der Waals surface area contributed by atoms with E-state index in [0.717, 1.165) is 24.5 Å². The Morgan fingerprint density at radius 2 is 1.93 bits per heavy atom. The van der Waals surface area contributed by atoms with Crippen LogP contribution in [0.1, 0.15) is 6.42 Å². The summed E-state index contributed by atoms with van der Waals surface area (Å²) in [6, 6.07) is 7.81. The highest BCUT2D eigenvalue weighted by Gasteiger charge is 2.33. The molecule has 1 aromatic rings. The number of fused-ring (bicyclic) bond motifs is 2. The van der Waals surface area contributed by atoms with Crippen LogP contribution in [0.2, 0.25) is 0 Å². The van der Waals surface area contributed by atoms with Crippen molar-refractivity contribution in [3.05, 3.63) is 30.8 Å². The summed E-state index contributed by atoms with van der Waals surface area (Å²) in [5.41, 5.74) is 0. The lowest BCUT2D eigenvalue weighted by atomic mass is 10.1. The molecule has 1 radical (unpaired) electrons. The average Bonchev–Trinajstić information content (AvgIpc) is 2.26. The van der Waals surface area contributed by atoms with Crippen molar-refractivity contribution in [3.63, 3.8) is 0 Å². The van der Waals surface area contributed by atoms with Gasteiger partial charge in [0.1, 0.15) is 6.10 Å². The van der Waals surface area contributed by atoms with Crippen LogP contribution in [0.3, 0.4) is 0 Å². The molecule has 2 atom stereocenters. The average molecular weight is 190 g/mol. The van der Waals surface area contributed by atoms with Crippen LogP contribution in [0.5, 0.6) is 11.5 Å². The van der Waals surface area contributed by atoms with E-state index < -0.39 is 0 Å². The Morgan fingerprint density at radius 1 is 1.14 bits per heavy atom. The lowest BCUT2D eigenvalue weighted by molar-refractivity contribution is 0.0188. The fraction of sp³-hybridized carbons (Fsp3) is 0.364. The molecule has 0 amide bonds. The first-order chi connectivity index (χ1) is 6.93. The number of para-hydroxylation sites is 2. The summed E-state index contributed by atoms with van der Waals surface area (Å²) >= 11 is 0. The van der Waals surface area contributed by atoms with Gasteiger partial charge in [0, 0.05) is 6.42 Å². The smallest absolute Gasteiger partial charge is 0.161 e. The molecule has 0 aliphatic carbocycles. The van der Waals surface area contributed by atoms with E-state index in [0.29, 0.717) is 0 Å². The number of ether oxygens (including phenoxy) is 2. The van der Waals surface area contributed by atoms with Gasteiger partial charge in [0.2, 0.25) is 0 Å². The van der Waals surface area contributed by atoms with Gasteiger partial charge in [-0.05, 0) is 18.7 Å². The predicted molar refractivity (Wildman–Crippen MR) is 52.2 cm³/mol. The van der Waals surface area contributed by atoms with Gasteiger partial charge >= 0.3 is 0 Å². The highest BCUT2D eigenvalue weighted by molar-refractivity contribution is 5.41. The molecule has 14 heavy (non-hydrogen) atoms. The van der Waals surface area contributed by atoms with Gasteiger partial charge in [-0.2, -0.15) is 0 Å². The van der Waals surface area contributed by atoms with E-state index in [9.17, 15) is 0 Å². The van der Waals surface area contributed by atoms with Gasteiger partial charge in [-0.1, -0.05) is 12.1 Å². The third-order valence-corrected chi connectivity index (χ3v) is 2.61. The van der Waals surface area contributed by atoms with E-state index in [4.69, 9.17) is 9.47 Å². The van der Waals surface area contributed by atoms with Crippen LogP contribution >= 0.6 is 0 Å². The first-order valence-electron chi connectivity index (χ1n) is 4.92. The topological polar surface area (TPSA) is 30.5 Å². The van der Waals surface area contributed by atoms with Gasteiger partial charge in [0.25, 0.3) is 0 Å². The van der Waals surface area contributed by atoms with Crippen LogP contribution in [-0.4, -0.2) is 18.8 Å². The van der Waals surface area contributed by atoms with Gasteiger partial charge in [0.05, 0.1) is 6.54 Å². The molecule has 2 unspecified atom stereocenters. The Balaban J connectivity index is 1.91. The predicted octanol–water partition coefficient (Wildman–Crippen LogP) is 1.35. The molecule has 3 nitrogen and oxygen atoms in total. The second-order valence-corrected chi connectivity index (χ2v) is 3.59. The minimum atomic E-state index is 0.0543. The highest BCUT2D eigenvalue weighted by Crippen LogP contribution is 2.35. The van der Waals surface area contributed by atoms with E-state index in [1.54, 1.807) is 0 Å². The van der Waals surface area contributed by atoms with Crippen LogP contribution in [0, 0.1) is 6.54 Å². The Kier molecular flexibility index (Phi) is 1.84. The summed E-state index contributed by atoms with van der Waals surface area (Å²) in [7, 11) is 0. The molecule has 0 spiro atoms. The molecule has 0 bridgehead atoms. The number of rotatable bonds is 0. The van der Waals surface area contributed by atoms with Gasteiger partial charge in [-0.25, -0.2) is 0 Å². The Hall–Kier alpha value is -1.22. The molecular weight excluding hydrogens is 178 g/mol. The van der Waals surface area contributed by atoms with Crippen molar-refractivity contribution in [2.75, 3.05) is 6.54 Å². The third-order valence-electron chi connectivity index (χ3n) is 2.61. The van der Waals surface area contributed by atoms with E-state index in [2.05, 4.69) is 5.32 Å². The molecule has 0 saturated carbocycles. The minimum Gasteiger partial charge on any atom is -0.483 e. The molecular formula is C11H12NO2. The number of nitrogens with one attached hydrogen (secondary N) is 1. The van der Waals surface area contributed by atoms with Crippen molar-refractivity contribution in [2.24, 2.45) is 0 Å². The highest BCUT2D eigenvalue weighted by atomic mass is 16.6. The zero-order chi connectivity index (χ0) is 9.38. The molecule has 1 N–H and O–H groups in total. The SMILES string of the molecule is [CH]1NCCC2Oc3ccccc3OC12. The fourth-order valence-corrected chi connectivity index (χ4v) is 1.89.